The van der Waals surface area contributed by atoms with E-state index < -0.39 is 0 Å². The number of Topliss-reactive ketones (excluding diaryl/α,β-unsaturated/α-hetero) is 1. The van der Waals surface area contributed by atoms with Crippen LogP contribution in [0.2, 0.25) is 0 Å². The van der Waals surface area contributed by atoms with Gasteiger partial charge in [-0.2, -0.15) is 4.98 Å². The lowest BCUT2D eigenvalue weighted by atomic mass is 10.1. The highest BCUT2D eigenvalue weighted by atomic mass is 16.5. The Balaban J connectivity index is 1.72. The molecule has 1 aliphatic rings. The number of aromatic nitrogens is 2. The molecule has 0 aliphatic heterocycles. The number of rotatable bonds is 3. The molecule has 0 N–H and O–H groups in total. The number of nitrogens with zero attached hydrogens (tertiary/aromatic N) is 2. The third-order valence-corrected chi connectivity index (χ3v) is 2.94. The van der Waals surface area contributed by atoms with Crippen molar-refractivity contribution in [3.8, 4) is 5.75 Å². The summed E-state index contributed by atoms with van der Waals surface area (Å²) < 4.78 is 10.4. The molecule has 5 heteroatoms. The summed E-state index contributed by atoms with van der Waals surface area (Å²) in [6.07, 6.45) is 1.40. The Labute approximate surface area is 104 Å². The van der Waals surface area contributed by atoms with Crippen molar-refractivity contribution in [2.75, 3.05) is 0 Å². The van der Waals surface area contributed by atoms with Gasteiger partial charge in [-0.25, -0.2) is 0 Å². The maximum atomic E-state index is 11.5. The second-order valence-corrected chi connectivity index (χ2v) is 4.26. The first-order valence-corrected chi connectivity index (χ1v) is 5.80. The van der Waals surface area contributed by atoms with E-state index in [0.29, 0.717) is 18.1 Å². The highest BCUT2D eigenvalue weighted by Gasteiger charge is 2.19. The summed E-state index contributed by atoms with van der Waals surface area (Å²) in [5, 5.41) is 3.75. The average molecular weight is 244 g/mol. The van der Waals surface area contributed by atoms with Crippen molar-refractivity contribution < 1.29 is 14.1 Å². The minimum atomic E-state index is 0.213. The van der Waals surface area contributed by atoms with E-state index in [4.69, 9.17) is 9.26 Å². The molecule has 18 heavy (non-hydrogen) atoms. The quantitative estimate of drug-likeness (QED) is 0.827. The van der Waals surface area contributed by atoms with Crippen molar-refractivity contribution in [1.29, 1.82) is 0 Å². The lowest BCUT2D eigenvalue weighted by Crippen LogP contribution is -1.98. The van der Waals surface area contributed by atoms with Crippen molar-refractivity contribution in [2.45, 2.75) is 26.4 Å². The molecule has 0 saturated carbocycles. The van der Waals surface area contributed by atoms with Crippen LogP contribution in [0.3, 0.4) is 0 Å². The lowest BCUT2D eigenvalue weighted by Gasteiger charge is -2.05. The van der Waals surface area contributed by atoms with Gasteiger partial charge < -0.3 is 9.26 Å². The fraction of sp³-hybridized carbons (Fsp3) is 0.308. The summed E-state index contributed by atoms with van der Waals surface area (Å²) in [6, 6.07) is 5.53. The smallest absolute Gasteiger partial charge is 0.223 e. The Bertz CT molecular complexity index is 604. The number of benzene rings is 1. The summed E-state index contributed by atoms with van der Waals surface area (Å²) in [7, 11) is 0. The lowest BCUT2D eigenvalue weighted by molar-refractivity contribution is 0.0994. The zero-order valence-electron chi connectivity index (χ0n) is 9.97. The maximum absolute atomic E-state index is 11.5. The van der Waals surface area contributed by atoms with Crippen LogP contribution in [0, 0.1) is 6.92 Å². The molecule has 0 saturated heterocycles. The molecule has 0 bridgehead atoms. The third kappa shape index (κ3) is 1.99. The van der Waals surface area contributed by atoms with Crippen molar-refractivity contribution in [3.05, 3.63) is 41.0 Å². The van der Waals surface area contributed by atoms with Gasteiger partial charge in [0.1, 0.15) is 5.75 Å². The van der Waals surface area contributed by atoms with E-state index in [2.05, 4.69) is 10.1 Å². The molecule has 1 aromatic heterocycles. The summed E-state index contributed by atoms with van der Waals surface area (Å²) >= 11 is 0. The van der Waals surface area contributed by atoms with Gasteiger partial charge in [0.15, 0.2) is 12.4 Å². The molecule has 0 unspecified atom stereocenters. The Morgan fingerprint density at radius 3 is 3.06 bits per heavy atom. The zero-order chi connectivity index (χ0) is 12.5. The van der Waals surface area contributed by atoms with Gasteiger partial charge in [0.2, 0.25) is 11.7 Å². The number of carbonyl (C=O) groups is 1. The van der Waals surface area contributed by atoms with Gasteiger partial charge in [-0.3, -0.25) is 4.79 Å². The number of hydrogen-bond donors (Lipinski definition) is 0. The molecule has 5 nitrogen and oxygen atoms in total. The Hall–Kier alpha value is -2.17. The van der Waals surface area contributed by atoms with Crippen molar-refractivity contribution in [2.24, 2.45) is 0 Å². The SMILES string of the molecule is Cc1nc(COc2ccc3c(c2)CCC3=O)no1. The molecule has 3 rings (SSSR count). The predicted octanol–water partition coefficient (Wildman–Crippen LogP) is 2.09. The van der Waals surface area contributed by atoms with Crippen LogP contribution in [-0.4, -0.2) is 15.9 Å². The fourth-order valence-electron chi connectivity index (χ4n) is 2.07. The number of fused-ring (bicyclic) bond motifs is 1. The molecule has 1 aromatic carbocycles. The van der Waals surface area contributed by atoms with Gasteiger partial charge in [-0.15, -0.1) is 0 Å². The largest absolute Gasteiger partial charge is 0.485 e. The van der Waals surface area contributed by atoms with Gasteiger partial charge >= 0.3 is 0 Å². The highest BCUT2D eigenvalue weighted by Crippen LogP contribution is 2.26. The third-order valence-electron chi connectivity index (χ3n) is 2.94. The van der Waals surface area contributed by atoms with Crippen molar-refractivity contribution >= 4 is 5.78 Å². The molecule has 0 radical (unpaired) electrons. The molecule has 92 valence electrons. The Morgan fingerprint density at radius 2 is 2.28 bits per heavy atom. The van der Waals surface area contributed by atoms with Crippen LogP contribution in [0.15, 0.2) is 22.7 Å². The first kappa shape index (κ1) is 11.0. The molecule has 1 aliphatic carbocycles. The normalized spacial score (nSPS) is 13.7. The summed E-state index contributed by atoms with van der Waals surface area (Å²) in [6.45, 7) is 2.00. The fourth-order valence-corrected chi connectivity index (χ4v) is 2.07. The number of aryl methyl sites for hydroxylation is 2. The van der Waals surface area contributed by atoms with E-state index in [-0.39, 0.29) is 12.4 Å². The summed E-state index contributed by atoms with van der Waals surface area (Å²) in [4.78, 5) is 15.5. The average Bonchev–Trinajstić information content (AvgIpc) is 2.94. The number of ether oxygens (including phenoxy) is 1. The first-order valence-electron chi connectivity index (χ1n) is 5.80. The molecule has 0 spiro atoms. The molecule has 0 atom stereocenters. The number of ketones is 1. The second-order valence-electron chi connectivity index (χ2n) is 4.26. The monoisotopic (exact) mass is 244 g/mol. The maximum Gasteiger partial charge on any atom is 0.223 e. The molecular formula is C13H12N2O3. The second kappa shape index (κ2) is 4.25. The Morgan fingerprint density at radius 1 is 1.39 bits per heavy atom. The summed E-state index contributed by atoms with van der Waals surface area (Å²) in [5.41, 5.74) is 1.87. The highest BCUT2D eigenvalue weighted by molar-refractivity contribution is 6.00. The van der Waals surface area contributed by atoms with Crippen LogP contribution < -0.4 is 4.74 Å². The van der Waals surface area contributed by atoms with Gasteiger partial charge in [0.25, 0.3) is 0 Å². The van der Waals surface area contributed by atoms with Crippen LogP contribution in [-0.2, 0) is 13.0 Å². The topological polar surface area (TPSA) is 65.2 Å². The number of hydrogen-bond acceptors (Lipinski definition) is 5. The van der Waals surface area contributed by atoms with Gasteiger partial charge in [0, 0.05) is 18.9 Å². The van der Waals surface area contributed by atoms with Crippen LogP contribution in [0.1, 0.15) is 34.1 Å². The van der Waals surface area contributed by atoms with E-state index in [1.54, 1.807) is 13.0 Å². The zero-order valence-corrected chi connectivity index (χ0v) is 9.97. The minimum Gasteiger partial charge on any atom is -0.485 e. The van der Waals surface area contributed by atoms with Crippen LogP contribution in [0.25, 0.3) is 0 Å². The van der Waals surface area contributed by atoms with Gasteiger partial charge in [0.05, 0.1) is 0 Å². The molecular weight excluding hydrogens is 232 g/mol. The van der Waals surface area contributed by atoms with E-state index >= 15 is 0 Å². The van der Waals surface area contributed by atoms with E-state index in [9.17, 15) is 4.79 Å². The van der Waals surface area contributed by atoms with Crippen LogP contribution >= 0.6 is 0 Å². The van der Waals surface area contributed by atoms with Crippen molar-refractivity contribution in [1.82, 2.24) is 10.1 Å². The van der Waals surface area contributed by atoms with Crippen molar-refractivity contribution in [3.63, 3.8) is 0 Å². The van der Waals surface area contributed by atoms with E-state index in [1.165, 1.54) is 0 Å². The molecule has 0 fully saturated rings. The molecule has 2 aromatic rings. The van der Waals surface area contributed by atoms with Crippen LogP contribution in [0.5, 0.6) is 5.75 Å². The van der Waals surface area contributed by atoms with E-state index in [1.807, 2.05) is 12.1 Å². The standard InChI is InChI=1S/C13H12N2O3/c1-8-14-13(15-18-8)7-17-10-3-4-11-9(6-10)2-5-12(11)16/h3-4,6H,2,5,7H2,1H3. The number of carbonyl (C=O) groups excluding carboxylic acids is 1. The summed E-state index contributed by atoms with van der Waals surface area (Å²) in [5.74, 6) is 1.98. The van der Waals surface area contributed by atoms with E-state index in [0.717, 1.165) is 23.3 Å². The Kier molecular flexibility index (Phi) is 2.59. The molecule has 0 amide bonds. The van der Waals surface area contributed by atoms with Crippen LogP contribution in [0.4, 0.5) is 0 Å². The molecule has 1 heterocycles. The van der Waals surface area contributed by atoms with Gasteiger partial charge in [-0.1, -0.05) is 5.16 Å². The first-order chi connectivity index (χ1) is 8.72. The predicted molar refractivity (Wildman–Crippen MR) is 62.5 cm³/mol. The van der Waals surface area contributed by atoms with Gasteiger partial charge in [-0.05, 0) is 30.2 Å². The minimum absolute atomic E-state index is 0.213.